The second kappa shape index (κ2) is 6.74. The summed E-state index contributed by atoms with van der Waals surface area (Å²) < 4.78 is 32.0. The minimum atomic E-state index is -4.46. The summed E-state index contributed by atoms with van der Waals surface area (Å²) in [6, 6.07) is 11.0. The zero-order valence-electron chi connectivity index (χ0n) is 13.9. The first kappa shape index (κ1) is 18.4. The highest BCUT2D eigenvalue weighted by atomic mass is 32.2. The Balaban J connectivity index is 2.20. The highest BCUT2D eigenvalue weighted by Crippen LogP contribution is 2.38. The number of hydrogen-bond donors (Lipinski definition) is 2. The van der Waals surface area contributed by atoms with E-state index in [-0.39, 0.29) is 33.1 Å². The predicted octanol–water partition coefficient (Wildman–Crippen LogP) is 4.42. The summed E-state index contributed by atoms with van der Waals surface area (Å²) in [4.78, 5) is 10.2. The molecule has 0 amide bonds. The number of phenols is 1. The molecule has 0 saturated heterocycles. The Bertz CT molecular complexity index is 1200. The van der Waals surface area contributed by atoms with Gasteiger partial charge in [0.2, 0.25) is 0 Å². The Morgan fingerprint density at radius 3 is 2.41 bits per heavy atom. The monoisotopic (exact) mass is 387 g/mol. The van der Waals surface area contributed by atoms with Gasteiger partial charge in [0.25, 0.3) is 15.8 Å². The lowest BCUT2D eigenvalue weighted by Crippen LogP contribution is -1.97. The quantitative estimate of drug-likeness (QED) is 0.293. The number of hydrogen-bond acceptors (Lipinski definition) is 7. The number of rotatable bonds is 4. The fourth-order valence-electron chi connectivity index (χ4n) is 2.51. The molecule has 0 heterocycles. The molecule has 0 aliphatic rings. The third kappa shape index (κ3) is 3.76. The first-order valence-corrected chi connectivity index (χ1v) is 9.01. The molecule has 3 aromatic carbocycles. The van der Waals surface area contributed by atoms with Gasteiger partial charge in [-0.1, -0.05) is 18.2 Å². The summed E-state index contributed by atoms with van der Waals surface area (Å²) in [5, 5.41) is 29.8. The van der Waals surface area contributed by atoms with Crippen LogP contribution in [0.1, 0.15) is 5.56 Å². The highest BCUT2D eigenvalue weighted by Gasteiger charge is 2.16. The van der Waals surface area contributed by atoms with Crippen LogP contribution in [0.2, 0.25) is 0 Å². The van der Waals surface area contributed by atoms with Crippen LogP contribution in [0.3, 0.4) is 0 Å². The molecule has 9 nitrogen and oxygen atoms in total. The Labute approximate surface area is 153 Å². The van der Waals surface area contributed by atoms with Crippen LogP contribution in [0.4, 0.5) is 17.1 Å². The molecular weight excluding hydrogens is 374 g/mol. The van der Waals surface area contributed by atoms with Gasteiger partial charge in [-0.2, -0.15) is 8.42 Å². The summed E-state index contributed by atoms with van der Waals surface area (Å²) in [5.41, 5.74) is 0.379. The van der Waals surface area contributed by atoms with E-state index in [0.29, 0.717) is 5.39 Å². The van der Waals surface area contributed by atoms with E-state index in [9.17, 15) is 28.2 Å². The van der Waals surface area contributed by atoms with Crippen molar-refractivity contribution in [3.8, 4) is 5.75 Å². The number of aromatic hydroxyl groups is 1. The summed E-state index contributed by atoms with van der Waals surface area (Å²) in [6.45, 7) is 1.73. The molecule has 0 unspecified atom stereocenters. The van der Waals surface area contributed by atoms with Crippen LogP contribution in [0.5, 0.6) is 5.75 Å². The molecule has 0 aliphatic heterocycles. The highest BCUT2D eigenvalue weighted by molar-refractivity contribution is 7.85. The van der Waals surface area contributed by atoms with Crippen LogP contribution >= 0.6 is 0 Å². The van der Waals surface area contributed by atoms with Gasteiger partial charge < -0.3 is 5.11 Å². The molecule has 27 heavy (non-hydrogen) atoms. The molecule has 0 radical (unpaired) electrons. The van der Waals surface area contributed by atoms with Crippen molar-refractivity contribution in [3.05, 3.63) is 64.2 Å². The van der Waals surface area contributed by atoms with Crippen molar-refractivity contribution < 1.29 is 23.0 Å². The van der Waals surface area contributed by atoms with Crippen LogP contribution in [-0.4, -0.2) is 23.0 Å². The van der Waals surface area contributed by atoms with Gasteiger partial charge in [0.1, 0.15) is 11.4 Å². The molecular formula is C17H13N3O6S. The first-order valence-electron chi connectivity index (χ1n) is 7.57. The van der Waals surface area contributed by atoms with Gasteiger partial charge in [-0.25, -0.2) is 0 Å². The third-order valence-corrected chi connectivity index (χ3v) is 4.68. The van der Waals surface area contributed by atoms with Crippen LogP contribution in [-0.2, 0) is 10.1 Å². The average Bonchev–Trinajstić information content (AvgIpc) is 2.59. The molecule has 0 atom stereocenters. The van der Waals surface area contributed by atoms with E-state index in [4.69, 9.17) is 0 Å². The maximum Gasteiger partial charge on any atom is 0.296 e. The Kier molecular flexibility index (Phi) is 4.60. The molecule has 138 valence electrons. The zero-order valence-corrected chi connectivity index (χ0v) is 14.7. The van der Waals surface area contributed by atoms with Crippen molar-refractivity contribution in [1.82, 2.24) is 0 Å². The Morgan fingerprint density at radius 1 is 1.04 bits per heavy atom. The minimum absolute atomic E-state index is 0.0117. The summed E-state index contributed by atoms with van der Waals surface area (Å²) in [5.74, 6) is -0.297. The van der Waals surface area contributed by atoms with Crippen molar-refractivity contribution in [2.75, 3.05) is 0 Å². The first-order chi connectivity index (χ1) is 12.7. The minimum Gasteiger partial charge on any atom is -0.506 e. The number of nitro groups is 1. The number of azo groups is 1. The van der Waals surface area contributed by atoms with E-state index in [1.54, 1.807) is 13.0 Å². The maximum atomic E-state index is 11.4. The number of benzene rings is 3. The van der Waals surface area contributed by atoms with Crippen molar-refractivity contribution in [3.63, 3.8) is 0 Å². The number of fused-ring (bicyclic) bond motifs is 1. The van der Waals surface area contributed by atoms with Gasteiger partial charge in [-0.15, -0.1) is 10.2 Å². The Hall–Kier alpha value is -3.37. The van der Waals surface area contributed by atoms with E-state index in [0.717, 1.165) is 11.6 Å². The normalized spacial score (nSPS) is 11.9. The number of aryl methyl sites for hydroxylation is 1. The second-order valence-corrected chi connectivity index (χ2v) is 7.16. The molecule has 0 aromatic heterocycles. The van der Waals surface area contributed by atoms with Crippen LogP contribution in [0.15, 0.2) is 63.7 Å². The average molecular weight is 387 g/mol. The van der Waals surface area contributed by atoms with E-state index < -0.39 is 15.0 Å². The van der Waals surface area contributed by atoms with Gasteiger partial charge in [0.15, 0.2) is 5.69 Å². The predicted molar refractivity (Wildman–Crippen MR) is 97.4 cm³/mol. The second-order valence-electron chi connectivity index (χ2n) is 5.74. The smallest absolute Gasteiger partial charge is 0.296 e. The van der Waals surface area contributed by atoms with Crippen LogP contribution in [0.25, 0.3) is 10.8 Å². The lowest BCUT2D eigenvalue weighted by Gasteiger charge is -2.06. The lowest BCUT2D eigenvalue weighted by molar-refractivity contribution is -0.384. The number of phenolic OH excluding ortho intramolecular Hbond substituents is 1. The van der Waals surface area contributed by atoms with Gasteiger partial charge in [0.05, 0.1) is 9.82 Å². The summed E-state index contributed by atoms with van der Waals surface area (Å²) in [6.07, 6.45) is 0. The van der Waals surface area contributed by atoms with Crippen LogP contribution in [0, 0.1) is 17.0 Å². The van der Waals surface area contributed by atoms with Crippen molar-refractivity contribution in [2.24, 2.45) is 10.2 Å². The van der Waals surface area contributed by atoms with Gasteiger partial charge >= 0.3 is 0 Å². The lowest BCUT2D eigenvalue weighted by atomic mass is 10.1. The largest absolute Gasteiger partial charge is 0.506 e. The molecule has 0 bridgehead atoms. The zero-order chi connectivity index (χ0) is 19.8. The van der Waals surface area contributed by atoms with Crippen molar-refractivity contribution >= 4 is 38.0 Å². The van der Waals surface area contributed by atoms with E-state index in [2.05, 4.69) is 10.2 Å². The van der Waals surface area contributed by atoms with E-state index in [1.807, 2.05) is 0 Å². The Morgan fingerprint density at radius 2 is 1.74 bits per heavy atom. The van der Waals surface area contributed by atoms with Crippen LogP contribution < -0.4 is 0 Å². The van der Waals surface area contributed by atoms with Gasteiger partial charge in [-0.3, -0.25) is 14.7 Å². The third-order valence-electron chi connectivity index (χ3n) is 3.83. The number of nitro benzene ring substituents is 1. The molecule has 10 heteroatoms. The molecule has 0 saturated carbocycles. The molecule has 0 fully saturated rings. The maximum absolute atomic E-state index is 11.4. The van der Waals surface area contributed by atoms with Crippen molar-refractivity contribution in [2.45, 2.75) is 11.8 Å². The molecule has 3 aromatic rings. The van der Waals surface area contributed by atoms with Crippen molar-refractivity contribution in [1.29, 1.82) is 0 Å². The standard InChI is InChI=1S/C17H13N3O6S/c1-10-2-6-15(20(22)23)14(8-10)18-19-17-13-9-12(27(24,25)26)5-3-11(13)4-7-16(17)21/h2-9,21H,1H3,(H,24,25,26). The SMILES string of the molecule is Cc1ccc([N+](=O)[O-])c(N=Nc2c(O)ccc3ccc(S(=O)(=O)O)cc23)c1. The molecule has 0 aliphatic carbocycles. The molecule has 0 spiro atoms. The fraction of sp³-hybridized carbons (Fsp3) is 0.0588. The molecule has 3 rings (SSSR count). The summed E-state index contributed by atoms with van der Waals surface area (Å²) >= 11 is 0. The van der Waals surface area contributed by atoms with E-state index >= 15 is 0 Å². The fourth-order valence-corrected chi connectivity index (χ4v) is 3.02. The summed E-state index contributed by atoms with van der Waals surface area (Å²) in [7, 11) is -4.46. The number of nitrogens with zero attached hydrogens (tertiary/aromatic N) is 3. The molecule has 2 N–H and O–H groups in total. The van der Waals surface area contributed by atoms with Gasteiger partial charge in [-0.05, 0) is 42.1 Å². The van der Waals surface area contributed by atoms with Gasteiger partial charge in [0, 0.05) is 11.5 Å². The topological polar surface area (TPSA) is 142 Å². The van der Waals surface area contributed by atoms with E-state index in [1.165, 1.54) is 36.4 Å².